The van der Waals surface area contributed by atoms with E-state index in [4.69, 9.17) is 14.2 Å². The number of piperidine rings is 1. The van der Waals surface area contributed by atoms with E-state index in [1.54, 1.807) is 31.1 Å². The van der Waals surface area contributed by atoms with Crippen LogP contribution in [0.4, 0.5) is 0 Å². The molecule has 1 aromatic rings. The minimum absolute atomic E-state index is 0.0701. The molecule has 3 amide bonds. The molecule has 0 saturated carbocycles. The minimum Gasteiger partial charge on any atom is -0.497 e. The molecule has 0 spiro atoms. The molecule has 0 bridgehead atoms. The topological polar surface area (TPSA) is 126 Å². The first-order valence-corrected chi connectivity index (χ1v) is 12.5. The number of benzene rings is 1. The molecule has 2 heterocycles. The van der Waals surface area contributed by atoms with Gasteiger partial charge < -0.3 is 34.9 Å². The quantitative estimate of drug-likeness (QED) is 0.463. The van der Waals surface area contributed by atoms with Crippen molar-refractivity contribution in [1.82, 2.24) is 15.5 Å². The van der Waals surface area contributed by atoms with E-state index in [0.717, 1.165) is 18.4 Å². The largest absolute Gasteiger partial charge is 0.497 e. The number of rotatable bonds is 9. The van der Waals surface area contributed by atoms with E-state index in [9.17, 15) is 19.5 Å². The third-order valence-electron chi connectivity index (χ3n) is 6.85. The summed E-state index contributed by atoms with van der Waals surface area (Å²) in [5.41, 5.74) is 0.226. The van der Waals surface area contributed by atoms with Crippen LogP contribution in [0.5, 0.6) is 5.75 Å². The van der Waals surface area contributed by atoms with Crippen LogP contribution in [-0.4, -0.2) is 79.8 Å². The van der Waals surface area contributed by atoms with Gasteiger partial charge in [0.15, 0.2) is 6.29 Å². The maximum Gasteiger partial charge on any atom is 0.249 e. The Bertz CT molecular complexity index is 897. The van der Waals surface area contributed by atoms with E-state index < -0.39 is 29.8 Å². The zero-order valence-corrected chi connectivity index (χ0v) is 21.6. The highest BCUT2D eigenvalue weighted by Crippen LogP contribution is 2.37. The molecule has 10 heteroatoms. The molecule has 200 valence electrons. The molecule has 0 radical (unpaired) electrons. The number of aliphatic hydroxyl groups excluding tert-OH is 1. The molecule has 2 aliphatic heterocycles. The van der Waals surface area contributed by atoms with Gasteiger partial charge in [0.05, 0.1) is 13.7 Å². The molecule has 2 fully saturated rings. The number of aliphatic hydroxyl groups is 1. The average molecular weight is 506 g/mol. The first-order chi connectivity index (χ1) is 17.1. The standard InChI is InChI=1S/C26H39N3O7/c1-17(30)29-13-10-18(11-14-29)15-28-23(32)21(31)9-12-27-24(33)22-26(2,3)16-35-25(36-22)19-5-7-20(34-4)8-6-19/h5-8,18,21-22,25,31H,9-16H2,1-4H3,(H,27,33)(H,28,32)/t21?,22-,25?/m0/s1. The molecule has 3 N–H and O–H groups in total. The number of amides is 3. The summed E-state index contributed by atoms with van der Waals surface area (Å²) >= 11 is 0. The van der Waals surface area contributed by atoms with E-state index in [-0.39, 0.29) is 30.7 Å². The molecule has 10 nitrogen and oxygen atoms in total. The lowest BCUT2D eigenvalue weighted by molar-refractivity contribution is -0.258. The highest BCUT2D eigenvalue weighted by molar-refractivity contribution is 5.82. The third-order valence-corrected chi connectivity index (χ3v) is 6.85. The molecule has 1 aromatic carbocycles. The summed E-state index contributed by atoms with van der Waals surface area (Å²) in [5.74, 6) is 0.293. The second-order valence-corrected chi connectivity index (χ2v) is 10.2. The van der Waals surface area contributed by atoms with Crippen molar-refractivity contribution in [2.24, 2.45) is 11.3 Å². The second-order valence-electron chi connectivity index (χ2n) is 10.2. The lowest BCUT2D eigenvalue weighted by Crippen LogP contribution is -2.52. The summed E-state index contributed by atoms with van der Waals surface area (Å²) in [5, 5.41) is 15.8. The van der Waals surface area contributed by atoms with Gasteiger partial charge in [0.25, 0.3) is 0 Å². The van der Waals surface area contributed by atoms with Gasteiger partial charge >= 0.3 is 0 Å². The number of nitrogens with one attached hydrogen (secondary N) is 2. The Hall–Kier alpha value is -2.69. The van der Waals surface area contributed by atoms with Gasteiger partial charge in [-0.2, -0.15) is 0 Å². The molecule has 0 aliphatic carbocycles. The first-order valence-electron chi connectivity index (χ1n) is 12.5. The predicted molar refractivity (Wildman–Crippen MR) is 132 cm³/mol. The van der Waals surface area contributed by atoms with Gasteiger partial charge in [0.2, 0.25) is 17.7 Å². The zero-order valence-electron chi connectivity index (χ0n) is 21.6. The second kappa shape index (κ2) is 12.5. The molecule has 3 rings (SSSR count). The molecular weight excluding hydrogens is 466 g/mol. The third kappa shape index (κ3) is 7.41. The van der Waals surface area contributed by atoms with Crippen molar-refractivity contribution in [3.8, 4) is 5.75 Å². The van der Waals surface area contributed by atoms with Crippen molar-refractivity contribution < 1.29 is 33.7 Å². The molecule has 0 aromatic heterocycles. The van der Waals surface area contributed by atoms with Crippen LogP contribution in [0.1, 0.15) is 51.9 Å². The van der Waals surface area contributed by atoms with Crippen molar-refractivity contribution >= 4 is 17.7 Å². The maximum atomic E-state index is 12.9. The van der Waals surface area contributed by atoms with Gasteiger partial charge in [-0.15, -0.1) is 0 Å². The Morgan fingerprint density at radius 1 is 1.17 bits per heavy atom. The number of carbonyl (C=O) groups is 3. The fraction of sp³-hybridized carbons (Fsp3) is 0.654. The number of likely N-dealkylation sites (tertiary alicyclic amines) is 1. The molecule has 2 saturated heterocycles. The zero-order chi connectivity index (χ0) is 26.3. The van der Waals surface area contributed by atoms with Crippen LogP contribution < -0.4 is 15.4 Å². The van der Waals surface area contributed by atoms with Gasteiger partial charge in [-0.3, -0.25) is 14.4 Å². The van der Waals surface area contributed by atoms with Crippen molar-refractivity contribution in [3.05, 3.63) is 29.8 Å². The Kier molecular flexibility index (Phi) is 9.69. The van der Waals surface area contributed by atoms with Gasteiger partial charge in [-0.05, 0) is 37.3 Å². The van der Waals surface area contributed by atoms with Crippen molar-refractivity contribution in [3.63, 3.8) is 0 Å². The summed E-state index contributed by atoms with van der Waals surface area (Å²) in [6.45, 7) is 7.65. The number of ether oxygens (including phenoxy) is 3. The smallest absolute Gasteiger partial charge is 0.249 e. The minimum atomic E-state index is -1.22. The molecule has 2 unspecified atom stereocenters. The number of hydrogen-bond donors (Lipinski definition) is 3. The van der Waals surface area contributed by atoms with Crippen LogP contribution >= 0.6 is 0 Å². The molecule has 2 aliphatic rings. The molecular formula is C26H39N3O7. The van der Waals surface area contributed by atoms with E-state index >= 15 is 0 Å². The molecule has 3 atom stereocenters. The lowest BCUT2D eigenvalue weighted by atomic mass is 9.85. The van der Waals surface area contributed by atoms with Crippen LogP contribution in [0.2, 0.25) is 0 Å². The number of carbonyl (C=O) groups excluding carboxylic acids is 3. The Morgan fingerprint density at radius 2 is 1.83 bits per heavy atom. The average Bonchev–Trinajstić information content (AvgIpc) is 2.87. The van der Waals surface area contributed by atoms with Gasteiger partial charge in [-0.1, -0.05) is 26.0 Å². The van der Waals surface area contributed by atoms with Crippen molar-refractivity contribution in [1.29, 1.82) is 0 Å². The normalized spacial score (nSPS) is 23.0. The van der Waals surface area contributed by atoms with Crippen molar-refractivity contribution in [2.45, 2.75) is 58.5 Å². The molecule has 36 heavy (non-hydrogen) atoms. The summed E-state index contributed by atoms with van der Waals surface area (Å²) in [6, 6.07) is 7.27. The Morgan fingerprint density at radius 3 is 2.44 bits per heavy atom. The predicted octanol–water partition coefficient (Wildman–Crippen LogP) is 1.38. The van der Waals surface area contributed by atoms with Crippen LogP contribution in [0.25, 0.3) is 0 Å². The fourth-order valence-electron chi connectivity index (χ4n) is 4.44. The van der Waals surface area contributed by atoms with E-state index in [2.05, 4.69) is 10.6 Å². The van der Waals surface area contributed by atoms with Crippen LogP contribution in [-0.2, 0) is 23.9 Å². The summed E-state index contributed by atoms with van der Waals surface area (Å²) in [6.07, 6.45) is -0.928. The number of hydrogen-bond acceptors (Lipinski definition) is 7. The fourth-order valence-corrected chi connectivity index (χ4v) is 4.44. The van der Waals surface area contributed by atoms with Crippen LogP contribution in [0.3, 0.4) is 0 Å². The Labute approximate surface area is 212 Å². The summed E-state index contributed by atoms with van der Waals surface area (Å²) < 4.78 is 17.0. The lowest BCUT2D eigenvalue weighted by Gasteiger charge is -2.41. The summed E-state index contributed by atoms with van der Waals surface area (Å²) in [7, 11) is 1.59. The summed E-state index contributed by atoms with van der Waals surface area (Å²) in [4.78, 5) is 38.5. The number of nitrogens with zero attached hydrogens (tertiary/aromatic N) is 1. The maximum absolute atomic E-state index is 12.9. The SMILES string of the molecule is COc1ccc(C2OCC(C)(C)[C@H](C(=O)NCCC(O)C(=O)NCC3CCN(C(C)=O)CC3)O2)cc1. The highest BCUT2D eigenvalue weighted by Gasteiger charge is 2.43. The van der Waals surface area contributed by atoms with E-state index in [1.165, 1.54) is 0 Å². The number of methoxy groups -OCH3 is 1. The van der Waals surface area contributed by atoms with E-state index in [1.807, 2.05) is 26.0 Å². The van der Waals surface area contributed by atoms with Gasteiger partial charge in [-0.25, -0.2) is 0 Å². The Balaban J connectivity index is 1.42. The van der Waals surface area contributed by atoms with Crippen molar-refractivity contribution in [2.75, 3.05) is 39.9 Å². The van der Waals surface area contributed by atoms with Crippen LogP contribution in [0.15, 0.2) is 24.3 Å². The highest BCUT2D eigenvalue weighted by atomic mass is 16.7. The van der Waals surface area contributed by atoms with E-state index in [0.29, 0.717) is 32.0 Å². The monoisotopic (exact) mass is 505 g/mol. The van der Waals surface area contributed by atoms with Crippen LogP contribution in [0, 0.1) is 11.3 Å². The van der Waals surface area contributed by atoms with Gasteiger partial charge in [0, 0.05) is 44.1 Å². The first kappa shape index (κ1) is 27.9. The van der Waals surface area contributed by atoms with Gasteiger partial charge in [0.1, 0.15) is 18.0 Å².